The van der Waals surface area contributed by atoms with Gasteiger partial charge in [0.25, 0.3) is 0 Å². The molecule has 2 fully saturated rings. The maximum Gasteiger partial charge on any atom is 0.309 e. The van der Waals surface area contributed by atoms with Crippen LogP contribution in [-0.2, 0) is 14.3 Å². The number of hydrogen-bond donors (Lipinski definition) is 1. The lowest BCUT2D eigenvalue weighted by Crippen LogP contribution is -2.60. The molecule has 0 saturated heterocycles. The molecule has 136 valence electrons. The third-order valence-electron chi connectivity index (χ3n) is 6.36. The first kappa shape index (κ1) is 19.2. The van der Waals surface area contributed by atoms with Gasteiger partial charge in [-0.15, -0.1) is 0 Å². The summed E-state index contributed by atoms with van der Waals surface area (Å²) in [5.74, 6) is -0.258. The van der Waals surface area contributed by atoms with Gasteiger partial charge in [0.15, 0.2) is 5.78 Å². The zero-order chi connectivity index (χ0) is 18.3. The second-order valence-corrected chi connectivity index (χ2v) is 8.49. The number of aliphatic hydroxyl groups is 1. The number of Topliss-reactive ketones (excluding diaryl/α,β-unsaturated/α-hetero) is 1. The summed E-state index contributed by atoms with van der Waals surface area (Å²) in [6, 6.07) is 0. The summed E-state index contributed by atoms with van der Waals surface area (Å²) in [5, 5.41) is 11.3. The Morgan fingerprint density at radius 3 is 2.54 bits per heavy atom. The van der Waals surface area contributed by atoms with E-state index >= 15 is 0 Å². The topological polar surface area (TPSA) is 63.6 Å². The van der Waals surface area contributed by atoms with E-state index in [2.05, 4.69) is 6.92 Å². The smallest absolute Gasteiger partial charge is 0.309 e. The second kappa shape index (κ2) is 6.62. The Morgan fingerprint density at radius 2 is 2.00 bits per heavy atom. The van der Waals surface area contributed by atoms with Crippen LogP contribution in [0.5, 0.6) is 0 Å². The minimum Gasteiger partial charge on any atom is -0.459 e. The van der Waals surface area contributed by atoms with E-state index in [9.17, 15) is 14.7 Å². The number of esters is 1. The number of ketones is 1. The number of rotatable bonds is 3. The summed E-state index contributed by atoms with van der Waals surface area (Å²) in [6.45, 7) is 11.6. The Kier molecular flexibility index (Phi) is 5.29. The minimum atomic E-state index is -1.11. The van der Waals surface area contributed by atoms with Gasteiger partial charge in [0.2, 0.25) is 0 Å². The molecule has 4 heteroatoms. The monoisotopic (exact) mass is 336 g/mol. The molecule has 1 N–H and O–H groups in total. The van der Waals surface area contributed by atoms with Crippen molar-refractivity contribution in [2.24, 2.45) is 17.3 Å². The minimum absolute atomic E-state index is 0.0731. The highest BCUT2D eigenvalue weighted by atomic mass is 16.6. The van der Waals surface area contributed by atoms with Crippen molar-refractivity contribution in [1.82, 2.24) is 0 Å². The number of carbonyl (C=O) groups is 2. The van der Waals surface area contributed by atoms with Crippen LogP contribution in [0, 0.1) is 17.3 Å². The number of allylic oxidation sites excluding steroid dienone is 2. The van der Waals surface area contributed by atoms with Crippen molar-refractivity contribution < 1.29 is 19.4 Å². The highest BCUT2D eigenvalue weighted by Gasteiger charge is 2.57. The molecule has 0 heterocycles. The Bertz CT molecular complexity index is 556. The van der Waals surface area contributed by atoms with Gasteiger partial charge < -0.3 is 9.84 Å². The molecule has 2 aliphatic rings. The summed E-state index contributed by atoms with van der Waals surface area (Å²) < 4.78 is 5.69. The van der Waals surface area contributed by atoms with Crippen LogP contribution < -0.4 is 0 Å². The maximum absolute atomic E-state index is 12.5. The summed E-state index contributed by atoms with van der Waals surface area (Å²) in [5.41, 5.74) is 0.527. The lowest BCUT2D eigenvalue weighted by Gasteiger charge is -2.55. The molecule has 4 nitrogen and oxygen atoms in total. The van der Waals surface area contributed by atoms with Crippen LogP contribution in [-0.4, -0.2) is 28.6 Å². The van der Waals surface area contributed by atoms with Crippen molar-refractivity contribution in [1.29, 1.82) is 0 Å². The first-order valence-corrected chi connectivity index (χ1v) is 9.15. The first-order valence-electron chi connectivity index (χ1n) is 9.15. The molecule has 5 atom stereocenters. The summed E-state index contributed by atoms with van der Waals surface area (Å²) in [6.07, 6.45) is 2.69. The fourth-order valence-electron chi connectivity index (χ4n) is 4.40. The van der Waals surface area contributed by atoms with E-state index in [0.717, 1.165) is 24.0 Å². The molecule has 0 aromatic carbocycles. The highest BCUT2D eigenvalue weighted by Crippen LogP contribution is 2.55. The van der Waals surface area contributed by atoms with Gasteiger partial charge in [-0.3, -0.25) is 9.59 Å². The van der Waals surface area contributed by atoms with Crippen LogP contribution in [0.3, 0.4) is 0 Å². The van der Waals surface area contributed by atoms with Crippen LogP contribution in [0.2, 0.25) is 0 Å². The molecule has 0 radical (unpaired) electrons. The van der Waals surface area contributed by atoms with Crippen molar-refractivity contribution in [2.45, 2.75) is 85.4 Å². The van der Waals surface area contributed by atoms with Gasteiger partial charge in [-0.05, 0) is 57.4 Å². The third-order valence-corrected chi connectivity index (χ3v) is 6.36. The summed E-state index contributed by atoms with van der Waals surface area (Å²) in [7, 11) is 0. The molecule has 24 heavy (non-hydrogen) atoms. The van der Waals surface area contributed by atoms with Crippen LogP contribution >= 0.6 is 0 Å². The highest BCUT2D eigenvalue weighted by molar-refractivity contribution is 5.97. The maximum atomic E-state index is 12.5. The number of fused-ring (bicyclic) bond motifs is 1. The van der Waals surface area contributed by atoms with Gasteiger partial charge in [-0.2, -0.15) is 0 Å². The van der Waals surface area contributed by atoms with Gasteiger partial charge in [0.1, 0.15) is 11.7 Å². The third kappa shape index (κ3) is 3.30. The van der Waals surface area contributed by atoms with Gasteiger partial charge in [0, 0.05) is 12.3 Å². The predicted molar refractivity (Wildman–Crippen MR) is 93.4 cm³/mol. The Hall–Kier alpha value is -1.16. The number of carbonyl (C=O) groups excluding carboxylic acids is 2. The predicted octanol–water partition coefficient (Wildman–Crippen LogP) is 3.81. The molecule has 0 spiro atoms. The van der Waals surface area contributed by atoms with E-state index < -0.39 is 11.7 Å². The number of hydrogen-bond acceptors (Lipinski definition) is 4. The average Bonchev–Trinajstić information content (AvgIpc) is 2.48. The van der Waals surface area contributed by atoms with E-state index in [1.165, 1.54) is 0 Å². The fraction of sp³-hybridized carbons (Fsp3) is 0.800. The van der Waals surface area contributed by atoms with E-state index in [1.807, 2.05) is 27.7 Å². The normalized spacial score (nSPS) is 37.6. The van der Waals surface area contributed by atoms with Crippen LogP contribution in [0.1, 0.15) is 73.6 Å². The SMILES string of the molecule is CC[C@@H](C)C(=O)O[C@H]1CC[C@]2(C)CC(=O)C(=C(C)C)C[C@H]2[C@]1(C)O. The van der Waals surface area contributed by atoms with E-state index in [0.29, 0.717) is 19.3 Å². The standard InChI is InChI=1S/C20H32O4/c1-7-13(4)18(22)24-17-8-9-19(5)11-15(21)14(12(2)3)10-16(19)20(17,6)23/h13,16-17,23H,7-11H2,1-6H3/t13-,16-,17+,19-,20+/m1/s1. The lowest BCUT2D eigenvalue weighted by molar-refractivity contribution is -0.202. The molecule has 2 rings (SSSR count). The fourth-order valence-corrected chi connectivity index (χ4v) is 4.40. The first-order chi connectivity index (χ1) is 11.0. The zero-order valence-corrected chi connectivity index (χ0v) is 15.9. The van der Waals surface area contributed by atoms with Crippen molar-refractivity contribution in [3.05, 3.63) is 11.1 Å². The largest absolute Gasteiger partial charge is 0.459 e. The number of ether oxygens (including phenoxy) is 1. The van der Waals surface area contributed by atoms with Crippen molar-refractivity contribution >= 4 is 11.8 Å². The Morgan fingerprint density at radius 1 is 1.38 bits per heavy atom. The van der Waals surface area contributed by atoms with Crippen LogP contribution in [0.25, 0.3) is 0 Å². The van der Waals surface area contributed by atoms with Crippen molar-refractivity contribution in [2.75, 3.05) is 0 Å². The van der Waals surface area contributed by atoms with Gasteiger partial charge in [-0.1, -0.05) is 26.3 Å². The second-order valence-electron chi connectivity index (χ2n) is 8.49. The molecule has 0 aliphatic heterocycles. The quantitative estimate of drug-likeness (QED) is 0.629. The van der Waals surface area contributed by atoms with Crippen molar-refractivity contribution in [3.8, 4) is 0 Å². The molecular formula is C20H32O4. The summed E-state index contributed by atoms with van der Waals surface area (Å²) >= 11 is 0. The summed E-state index contributed by atoms with van der Waals surface area (Å²) in [4.78, 5) is 24.7. The van der Waals surface area contributed by atoms with E-state index in [-0.39, 0.29) is 29.0 Å². The molecular weight excluding hydrogens is 304 g/mol. The van der Waals surface area contributed by atoms with Gasteiger partial charge in [0.05, 0.1) is 5.92 Å². The molecule has 0 bridgehead atoms. The molecule has 0 aromatic heterocycles. The van der Waals surface area contributed by atoms with E-state index in [4.69, 9.17) is 4.74 Å². The Balaban J connectivity index is 2.27. The van der Waals surface area contributed by atoms with Gasteiger partial charge >= 0.3 is 5.97 Å². The lowest BCUT2D eigenvalue weighted by atomic mass is 9.53. The van der Waals surface area contributed by atoms with E-state index in [1.54, 1.807) is 6.92 Å². The molecule has 2 aliphatic carbocycles. The average molecular weight is 336 g/mol. The molecule has 0 aromatic rings. The van der Waals surface area contributed by atoms with Gasteiger partial charge in [-0.25, -0.2) is 0 Å². The van der Waals surface area contributed by atoms with Crippen LogP contribution in [0.15, 0.2) is 11.1 Å². The molecule has 2 saturated carbocycles. The van der Waals surface area contributed by atoms with Crippen molar-refractivity contribution in [3.63, 3.8) is 0 Å². The molecule has 0 unspecified atom stereocenters. The molecule has 0 amide bonds. The zero-order valence-electron chi connectivity index (χ0n) is 15.9. The van der Waals surface area contributed by atoms with Crippen LogP contribution in [0.4, 0.5) is 0 Å². The Labute approximate surface area is 145 Å².